The predicted octanol–water partition coefficient (Wildman–Crippen LogP) is 0.675. The molecule has 0 radical (unpaired) electrons. The highest BCUT2D eigenvalue weighted by Crippen LogP contribution is 2.31. The lowest BCUT2D eigenvalue weighted by Crippen LogP contribution is -2.10. The van der Waals surface area contributed by atoms with Crippen LogP contribution in [-0.4, -0.2) is 11.9 Å². The molecule has 0 aromatic heterocycles. The third-order valence-corrected chi connectivity index (χ3v) is 2.71. The number of benzene rings is 1. The van der Waals surface area contributed by atoms with Gasteiger partial charge in [0.25, 0.3) is 0 Å². The Morgan fingerprint density at radius 2 is 1.93 bits per heavy atom. The summed E-state index contributed by atoms with van der Waals surface area (Å²) < 4.78 is 0. The fourth-order valence-corrected chi connectivity index (χ4v) is 1.61. The molecule has 0 saturated heterocycles. The van der Waals surface area contributed by atoms with Crippen molar-refractivity contribution in [3.05, 3.63) is 35.4 Å². The number of nitrogens with two attached hydrogens (primary N) is 2. The first kappa shape index (κ1) is 9.21. The molecule has 2 rings (SSSR count). The van der Waals surface area contributed by atoms with Crippen molar-refractivity contribution in [2.75, 3.05) is 0 Å². The van der Waals surface area contributed by atoms with Crippen LogP contribution < -0.4 is 11.5 Å². The van der Waals surface area contributed by atoms with Crippen molar-refractivity contribution < 1.29 is 4.79 Å². The smallest absolute Gasteiger partial charge is 0.248 e. The molecule has 1 aliphatic carbocycles. The summed E-state index contributed by atoms with van der Waals surface area (Å²) in [6.07, 6.45) is 2.14. The van der Waals surface area contributed by atoms with Crippen LogP contribution in [0.15, 0.2) is 24.3 Å². The highest BCUT2D eigenvalue weighted by atomic mass is 16.1. The van der Waals surface area contributed by atoms with Crippen molar-refractivity contribution in [3.63, 3.8) is 0 Å². The van der Waals surface area contributed by atoms with E-state index in [1.165, 1.54) is 5.56 Å². The molecule has 4 N–H and O–H groups in total. The van der Waals surface area contributed by atoms with E-state index in [1.807, 2.05) is 12.1 Å². The molecule has 2 atom stereocenters. The maximum absolute atomic E-state index is 10.8. The summed E-state index contributed by atoms with van der Waals surface area (Å²) in [6.45, 7) is 0. The predicted molar refractivity (Wildman–Crippen MR) is 54.7 cm³/mol. The Labute approximate surface area is 83.1 Å². The van der Waals surface area contributed by atoms with Gasteiger partial charge in [0.2, 0.25) is 5.91 Å². The van der Waals surface area contributed by atoms with Gasteiger partial charge in [-0.25, -0.2) is 0 Å². The first-order chi connectivity index (χ1) is 6.66. The van der Waals surface area contributed by atoms with Gasteiger partial charge in [-0.05, 0) is 36.5 Å². The number of hydrogen-bond acceptors (Lipinski definition) is 2. The summed E-state index contributed by atoms with van der Waals surface area (Å²) in [6, 6.07) is 7.82. The molecule has 2 unspecified atom stereocenters. The molecule has 0 heterocycles. The lowest BCUT2D eigenvalue weighted by Gasteiger charge is -2.00. The topological polar surface area (TPSA) is 69.1 Å². The van der Waals surface area contributed by atoms with Crippen molar-refractivity contribution >= 4 is 5.91 Å². The van der Waals surface area contributed by atoms with Crippen LogP contribution in [0.25, 0.3) is 0 Å². The van der Waals surface area contributed by atoms with Gasteiger partial charge in [0.1, 0.15) is 0 Å². The number of rotatable bonds is 3. The molecular formula is C11H14N2O. The third kappa shape index (κ3) is 1.93. The average molecular weight is 190 g/mol. The zero-order valence-corrected chi connectivity index (χ0v) is 7.94. The lowest BCUT2D eigenvalue weighted by molar-refractivity contribution is 0.100. The zero-order chi connectivity index (χ0) is 10.1. The van der Waals surface area contributed by atoms with E-state index < -0.39 is 0 Å². The van der Waals surface area contributed by atoms with E-state index in [0.717, 1.165) is 12.8 Å². The second-order valence-electron chi connectivity index (χ2n) is 3.92. The number of carbonyl (C=O) groups excluding carboxylic acids is 1. The van der Waals surface area contributed by atoms with Gasteiger partial charge in [0.05, 0.1) is 0 Å². The van der Waals surface area contributed by atoms with Gasteiger partial charge in [0, 0.05) is 11.6 Å². The summed E-state index contributed by atoms with van der Waals surface area (Å²) in [5.74, 6) is 0.258. The molecule has 1 saturated carbocycles. The minimum Gasteiger partial charge on any atom is -0.366 e. The first-order valence-electron chi connectivity index (χ1n) is 4.81. The molecular weight excluding hydrogens is 176 g/mol. The molecule has 1 aliphatic rings. The van der Waals surface area contributed by atoms with E-state index in [1.54, 1.807) is 12.1 Å². The first-order valence-corrected chi connectivity index (χ1v) is 4.81. The molecule has 1 fully saturated rings. The van der Waals surface area contributed by atoms with Crippen molar-refractivity contribution in [1.82, 2.24) is 0 Å². The van der Waals surface area contributed by atoms with Crippen LogP contribution >= 0.6 is 0 Å². The van der Waals surface area contributed by atoms with E-state index in [2.05, 4.69) is 0 Å². The number of primary amides is 1. The summed E-state index contributed by atoms with van der Waals surface area (Å²) in [5.41, 5.74) is 12.7. The molecule has 1 amide bonds. The van der Waals surface area contributed by atoms with Gasteiger partial charge in [-0.1, -0.05) is 12.1 Å². The molecule has 1 aromatic rings. The van der Waals surface area contributed by atoms with Crippen LogP contribution in [0.2, 0.25) is 0 Å². The molecule has 0 bridgehead atoms. The molecule has 3 nitrogen and oxygen atoms in total. The standard InChI is InChI=1S/C11H14N2O/c12-10-6-9(10)5-7-1-3-8(4-2-7)11(13)14/h1-4,9-10H,5-6,12H2,(H2,13,14). The van der Waals surface area contributed by atoms with Gasteiger partial charge in [-0.15, -0.1) is 0 Å². The van der Waals surface area contributed by atoms with Crippen LogP contribution in [0.3, 0.4) is 0 Å². The van der Waals surface area contributed by atoms with E-state index in [4.69, 9.17) is 11.5 Å². The van der Waals surface area contributed by atoms with Crippen LogP contribution in [0.4, 0.5) is 0 Å². The largest absolute Gasteiger partial charge is 0.366 e. The Balaban J connectivity index is 2.02. The van der Waals surface area contributed by atoms with Crippen molar-refractivity contribution in [3.8, 4) is 0 Å². The number of carbonyl (C=O) groups is 1. The molecule has 1 aromatic carbocycles. The Hall–Kier alpha value is -1.35. The Bertz CT molecular complexity index is 345. The minimum absolute atomic E-state index is 0.375. The summed E-state index contributed by atoms with van der Waals surface area (Å²) >= 11 is 0. The van der Waals surface area contributed by atoms with Crippen LogP contribution in [-0.2, 0) is 6.42 Å². The Kier molecular flexibility index (Phi) is 2.25. The van der Waals surface area contributed by atoms with E-state index >= 15 is 0 Å². The fraction of sp³-hybridized carbons (Fsp3) is 0.364. The van der Waals surface area contributed by atoms with E-state index in [0.29, 0.717) is 17.5 Å². The van der Waals surface area contributed by atoms with Gasteiger partial charge in [-0.2, -0.15) is 0 Å². The lowest BCUT2D eigenvalue weighted by atomic mass is 10.1. The van der Waals surface area contributed by atoms with Crippen LogP contribution in [0.1, 0.15) is 22.3 Å². The van der Waals surface area contributed by atoms with Crippen molar-refractivity contribution in [2.24, 2.45) is 17.4 Å². The quantitative estimate of drug-likeness (QED) is 0.735. The second kappa shape index (κ2) is 3.42. The highest BCUT2D eigenvalue weighted by Gasteiger charge is 2.32. The van der Waals surface area contributed by atoms with Gasteiger partial charge >= 0.3 is 0 Å². The average Bonchev–Trinajstić information content (AvgIpc) is 2.82. The molecule has 14 heavy (non-hydrogen) atoms. The SMILES string of the molecule is NC(=O)c1ccc(CC2CC2N)cc1. The van der Waals surface area contributed by atoms with Gasteiger partial charge < -0.3 is 11.5 Å². The molecule has 0 aliphatic heterocycles. The van der Waals surface area contributed by atoms with Crippen LogP contribution in [0, 0.1) is 5.92 Å². The van der Waals surface area contributed by atoms with E-state index in [-0.39, 0.29) is 5.91 Å². The normalized spacial score (nSPS) is 24.6. The molecule has 74 valence electrons. The minimum atomic E-state index is -0.375. The number of hydrogen-bond donors (Lipinski definition) is 2. The maximum Gasteiger partial charge on any atom is 0.248 e. The number of amides is 1. The summed E-state index contributed by atoms with van der Waals surface area (Å²) in [4.78, 5) is 10.8. The van der Waals surface area contributed by atoms with Crippen molar-refractivity contribution in [1.29, 1.82) is 0 Å². The third-order valence-electron chi connectivity index (χ3n) is 2.71. The monoisotopic (exact) mass is 190 g/mol. The maximum atomic E-state index is 10.8. The van der Waals surface area contributed by atoms with Crippen LogP contribution in [0.5, 0.6) is 0 Å². The van der Waals surface area contributed by atoms with Gasteiger partial charge in [0.15, 0.2) is 0 Å². The fourth-order valence-electron chi connectivity index (χ4n) is 1.61. The highest BCUT2D eigenvalue weighted by molar-refractivity contribution is 5.92. The molecule has 3 heteroatoms. The molecule has 0 spiro atoms. The van der Waals surface area contributed by atoms with Crippen molar-refractivity contribution in [2.45, 2.75) is 18.9 Å². The Morgan fingerprint density at radius 1 is 1.36 bits per heavy atom. The Morgan fingerprint density at radius 3 is 2.36 bits per heavy atom. The second-order valence-corrected chi connectivity index (χ2v) is 3.92. The zero-order valence-electron chi connectivity index (χ0n) is 7.94. The summed E-state index contributed by atoms with van der Waals surface area (Å²) in [5, 5.41) is 0. The van der Waals surface area contributed by atoms with Gasteiger partial charge in [-0.3, -0.25) is 4.79 Å². The summed E-state index contributed by atoms with van der Waals surface area (Å²) in [7, 11) is 0. The van der Waals surface area contributed by atoms with E-state index in [9.17, 15) is 4.79 Å².